The molecule has 0 fully saturated rings. The second-order valence-corrected chi connectivity index (χ2v) is 5.45. The molecule has 1 aromatic heterocycles. The highest BCUT2D eigenvalue weighted by molar-refractivity contribution is 6.09. The number of esters is 2. The third kappa shape index (κ3) is 2.32. The summed E-state index contributed by atoms with van der Waals surface area (Å²) in [5.41, 5.74) is 1.34. The van der Waals surface area contributed by atoms with Crippen LogP contribution >= 0.6 is 0 Å². The van der Waals surface area contributed by atoms with Gasteiger partial charge >= 0.3 is 11.9 Å². The predicted octanol–water partition coefficient (Wildman–Crippen LogP) is 2.40. The molecule has 0 atom stereocenters. The van der Waals surface area contributed by atoms with Crippen molar-refractivity contribution in [3.05, 3.63) is 53.9 Å². The molecule has 2 aromatic rings. The van der Waals surface area contributed by atoms with Crippen molar-refractivity contribution in [1.82, 2.24) is 4.57 Å². The largest absolute Gasteiger partial charge is 0.465 e. The molecule has 120 valence electrons. The number of hydrogen-bond donors (Lipinski definition) is 0. The summed E-state index contributed by atoms with van der Waals surface area (Å²) in [5, 5.41) is 0. The molecule has 0 saturated carbocycles. The fourth-order valence-electron chi connectivity index (χ4n) is 3.04. The lowest BCUT2D eigenvalue weighted by Gasteiger charge is -2.39. The van der Waals surface area contributed by atoms with Gasteiger partial charge in [0.1, 0.15) is 0 Å². The number of aromatic nitrogens is 1. The standard InChI is InChI=1S/C18H19NO4/c1-3-22-16(20)18(17(21)23-4-2)12-13-11-14(7-8-15(13)18)19-9-5-6-10-19/h5-11H,3-4,12H2,1-2H3. The third-order valence-corrected chi connectivity index (χ3v) is 4.15. The number of carbonyl (C=O) groups is 2. The average Bonchev–Trinajstić information content (AvgIpc) is 3.03. The van der Waals surface area contributed by atoms with Gasteiger partial charge < -0.3 is 14.0 Å². The van der Waals surface area contributed by atoms with E-state index in [-0.39, 0.29) is 13.2 Å². The van der Waals surface area contributed by atoms with Gasteiger partial charge in [0.15, 0.2) is 5.41 Å². The van der Waals surface area contributed by atoms with Crippen molar-refractivity contribution in [2.45, 2.75) is 25.7 Å². The zero-order valence-corrected chi connectivity index (χ0v) is 13.2. The van der Waals surface area contributed by atoms with Gasteiger partial charge in [0.2, 0.25) is 0 Å². The first kappa shape index (κ1) is 15.3. The summed E-state index contributed by atoms with van der Waals surface area (Å²) in [4.78, 5) is 24.8. The van der Waals surface area contributed by atoms with Gasteiger partial charge in [-0.05, 0) is 49.2 Å². The minimum atomic E-state index is -1.31. The first-order valence-electron chi connectivity index (χ1n) is 7.74. The van der Waals surface area contributed by atoms with Crippen molar-refractivity contribution in [3.8, 4) is 5.69 Å². The van der Waals surface area contributed by atoms with Crippen LogP contribution in [0.15, 0.2) is 42.7 Å². The maximum Gasteiger partial charge on any atom is 0.328 e. The summed E-state index contributed by atoms with van der Waals surface area (Å²) in [6.07, 6.45) is 4.21. The summed E-state index contributed by atoms with van der Waals surface area (Å²) < 4.78 is 12.2. The topological polar surface area (TPSA) is 57.5 Å². The van der Waals surface area contributed by atoms with E-state index in [9.17, 15) is 9.59 Å². The molecule has 0 bridgehead atoms. The quantitative estimate of drug-likeness (QED) is 0.628. The van der Waals surface area contributed by atoms with E-state index in [1.807, 2.05) is 47.3 Å². The number of carbonyl (C=O) groups excluding carboxylic acids is 2. The molecular formula is C18H19NO4. The second-order valence-electron chi connectivity index (χ2n) is 5.45. The Labute approximate surface area is 134 Å². The van der Waals surface area contributed by atoms with Crippen LogP contribution in [0.2, 0.25) is 0 Å². The highest BCUT2D eigenvalue weighted by Crippen LogP contribution is 2.44. The first-order valence-corrected chi connectivity index (χ1v) is 7.74. The minimum absolute atomic E-state index is 0.233. The van der Waals surface area contributed by atoms with Crippen LogP contribution in [0.4, 0.5) is 0 Å². The molecule has 0 N–H and O–H groups in total. The average molecular weight is 313 g/mol. The number of nitrogens with zero attached hydrogens (tertiary/aromatic N) is 1. The smallest absolute Gasteiger partial charge is 0.328 e. The van der Waals surface area contributed by atoms with Crippen molar-refractivity contribution < 1.29 is 19.1 Å². The van der Waals surface area contributed by atoms with Crippen LogP contribution in [0.25, 0.3) is 5.69 Å². The fraction of sp³-hybridized carbons (Fsp3) is 0.333. The van der Waals surface area contributed by atoms with Crippen LogP contribution in [0.5, 0.6) is 0 Å². The van der Waals surface area contributed by atoms with Gasteiger partial charge in [-0.2, -0.15) is 0 Å². The lowest BCUT2D eigenvalue weighted by atomic mass is 9.63. The van der Waals surface area contributed by atoms with Crippen molar-refractivity contribution in [2.75, 3.05) is 13.2 Å². The molecule has 0 saturated heterocycles. The SMILES string of the molecule is CCOC(=O)C1(C(=O)OCC)Cc2cc(-n3cccc3)ccc21. The summed E-state index contributed by atoms with van der Waals surface area (Å²) in [6, 6.07) is 9.60. The fourth-order valence-corrected chi connectivity index (χ4v) is 3.04. The molecule has 3 rings (SSSR count). The monoisotopic (exact) mass is 313 g/mol. The molecule has 0 amide bonds. The van der Waals surface area contributed by atoms with Crippen LogP contribution in [0.3, 0.4) is 0 Å². The van der Waals surface area contributed by atoms with Crippen molar-refractivity contribution in [2.24, 2.45) is 0 Å². The van der Waals surface area contributed by atoms with Crippen LogP contribution in [0.1, 0.15) is 25.0 Å². The van der Waals surface area contributed by atoms with E-state index in [0.29, 0.717) is 12.0 Å². The molecule has 1 aliphatic rings. The van der Waals surface area contributed by atoms with Gasteiger partial charge in [-0.1, -0.05) is 6.07 Å². The van der Waals surface area contributed by atoms with E-state index in [0.717, 1.165) is 11.3 Å². The predicted molar refractivity (Wildman–Crippen MR) is 84.4 cm³/mol. The number of benzene rings is 1. The van der Waals surface area contributed by atoms with Crippen LogP contribution in [-0.2, 0) is 30.9 Å². The Morgan fingerprint density at radius 3 is 2.22 bits per heavy atom. The number of rotatable bonds is 5. The Hall–Kier alpha value is -2.56. The third-order valence-electron chi connectivity index (χ3n) is 4.15. The Kier molecular flexibility index (Phi) is 3.94. The van der Waals surface area contributed by atoms with Crippen LogP contribution in [0, 0.1) is 0 Å². The minimum Gasteiger partial charge on any atom is -0.465 e. The zero-order valence-electron chi connectivity index (χ0n) is 13.2. The van der Waals surface area contributed by atoms with Crippen LogP contribution < -0.4 is 0 Å². The molecule has 1 heterocycles. The maximum absolute atomic E-state index is 12.4. The molecule has 5 nitrogen and oxygen atoms in total. The lowest BCUT2D eigenvalue weighted by molar-refractivity contribution is -0.166. The summed E-state index contributed by atoms with van der Waals surface area (Å²) in [5.74, 6) is -1.06. The Morgan fingerprint density at radius 1 is 1.09 bits per heavy atom. The Bertz CT molecular complexity index is 715. The molecule has 23 heavy (non-hydrogen) atoms. The van der Waals surface area contributed by atoms with E-state index in [4.69, 9.17) is 9.47 Å². The normalized spacial score (nSPS) is 14.5. The molecule has 0 unspecified atom stereocenters. The van der Waals surface area contributed by atoms with Crippen molar-refractivity contribution in [1.29, 1.82) is 0 Å². The molecule has 0 radical (unpaired) electrons. The maximum atomic E-state index is 12.4. The van der Waals surface area contributed by atoms with Crippen molar-refractivity contribution in [3.63, 3.8) is 0 Å². The summed E-state index contributed by atoms with van der Waals surface area (Å²) in [7, 11) is 0. The van der Waals surface area contributed by atoms with Gasteiger partial charge in [-0.25, -0.2) is 0 Å². The van der Waals surface area contributed by atoms with E-state index < -0.39 is 17.4 Å². The molecule has 0 spiro atoms. The summed E-state index contributed by atoms with van der Waals surface area (Å²) in [6.45, 7) is 3.92. The Balaban J connectivity index is 1.98. The van der Waals surface area contributed by atoms with Gasteiger partial charge in [0, 0.05) is 24.5 Å². The van der Waals surface area contributed by atoms with E-state index in [2.05, 4.69) is 0 Å². The number of ether oxygens (including phenoxy) is 2. The Morgan fingerprint density at radius 2 is 1.70 bits per heavy atom. The van der Waals surface area contributed by atoms with Crippen LogP contribution in [-0.4, -0.2) is 29.7 Å². The number of fused-ring (bicyclic) bond motifs is 1. The molecule has 5 heteroatoms. The lowest BCUT2D eigenvalue weighted by Crippen LogP contribution is -2.54. The van der Waals surface area contributed by atoms with Gasteiger partial charge in [-0.3, -0.25) is 9.59 Å². The highest BCUT2D eigenvalue weighted by atomic mass is 16.6. The molecule has 1 aromatic carbocycles. The first-order chi connectivity index (χ1) is 11.1. The van der Waals surface area contributed by atoms with Crippen molar-refractivity contribution >= 4 is 11.9 Å². The van der Waals surface area contributed by atoms with E-state index in [1.165, 1.54) is 0 Å². The highest BCUT2D eigenvalue weighted by Gasteiger charge is 2.57. The molecule has 0 aliphatic heterocycles. The zero-order chi connectivity index (χ0) is 16.4. The van der Waals surface area contributed by atoms with Gasteiger partial charge in [-0.15, -0.1) is 0 Å². The second kappa shape index (κ2) is 5.91. The number of hydrogen-bond acceptors (Lipinski definition) is 4. The van der Waals surface area contributed by atoms with E-state index >= 15 is 0 Å². The van der Waals surface area contributed by atoms with Gasteiger partial charge in [0.05, 0.1) is 13.2 Å². The van der Waals surface area contributed by atoms with E-state index in [1.54, 1.807) is 13.8 Å². The van der Waals surface area contributed by atoms with Gasteiger partial charge in [0.25, 0.3) is 0 Å². The molecule has 1 aliphatic carbocycles. The summed E-state index contributed by atoms with van der Waals surface area (Å²) >= 11 is 0. The molecular weight excluding hydrogens is 294 g/mol.